The van der Waals surface area contributed by atoms with Gasteiger partial charge in [-0.1, -0.05) is 6.07 Å². The van der Waals surface area contributed by atoms with Crippen LogP contribution in [0.15, 0.2) is 42.5 Å². The van der Waals surface area contributed by atoms with Gasteiger partial charge in [0.15, 0.2) is 5.69 Å². The molecule has 2 aromatic rings. The highest BCUT2D eigenvalue weighted by Gasteiger charge is 2.29. The molecular weight excluding hydrogens is 316 g/mol. The molecule has 3 N–H and O–H groups in total. The molecule has 0 bridgehead atoms. The molecule has 126 valence electrons. The number of nitriles is 1. The second-order valence-electron chi connectivity index (χ2n) is 5.91. The van der Waals surface area contributed by atoms with E-state index in [1.807, 2.05) is 6.07 Å². The van der Waals surface area contributed by atoms with Gasteiger partial charge in [0.25, 0.3) is 0 Å². The highest BCUT2D eigenvalue weighted by molar-refractivity contribution is 5.98. The number of amides is 1. The molecule has 1 atom stereocenters. The topological polar surface area (TPSA) is 92.5 Å². The van der Waals surface area contributed by atoms with Gasteiger partial charge in [-0.2, -0.15) is 5.26 Å². The number of hydrogen-bond donors (Lipinski definition) is 2. The normalized spacial score (nSPS) is 12.4. The molecule has 0 saturated heterocycles. The number of anilines is 1. The SMILES string of the molecule is [C-]#[N+]c1ccc(NC(=O)[C@@](C)(N)COc2ccc(C#N)cc2)cc1C. The molecule has 25 heavy (non-hydrogen) atoms. The van der Waals surface area contributed by atoms with Gasteiger partial charge in [0, 0.05) is 5.69 Å². The molecule has 0 aliphatic carbocycles. The number of benzene rings is 2. The molecule has 0 spiro atoms. The summed E-state index contributed by atoms with van der Waals surface area (Å²) < 4.78 is 5.55. The quantitative estimate of drug-likeness (QED) is 0.822. The molecule has 0 fully saturated rings. The lowest BCUT2D eigenvalue weighted by atomic mass is 10.0. The summed E-state index contributed by atoms with van der Waals surface area (Å²) in [5.74, 6) is 0.136. The largest absolute Gasteiger partial charge is 0.491 e. The zero-order chi connectivity index (χ0) is 18.4. The summed E-state index contributed by atoms with van der Waals surface area (Å²) in [5, 5.41) is 11.5. The Labute approximate surface area is 146 Å². The third-order valence-electron chi connectivity index (χ3n) is 3.62. The maximum Gasteiger partial charge on any atom is 0.247 e. The summed E-state index contributed by atoms with van der Waals surface area (Å²) in [6, 6.07) is 13.6. The minimum Gasteiger partial charge on any atom is -0.491 e. The summed E-state index contributed by atoms with van der Waals surface area (Å²) >= 11 is 0. The Morgan fingerprint density at radius 2 is 2.04 bits per heavy atom. The Hall–Kier alpha value is -3.35. The van der Waals surface area contributed by atoms with Crippen LogP contribution in [0.25, 0.3) is 4.85 Å². The predicted molar refractivity (Wildman–Crippen MR) is 95.3 cm³/mol. The maximum atomic E-state index is 12.4. The van der Waals surface area contributed by atoms with Gasteiger partial charge in [0.1, 0.15) is 17.9 Å². The Balaban J connectivity index is 2.00. The Morgan fingerprint density at radius 1 is 1.36 bits per heavy atom. The van der Waals surface area contributed by atoms with Crippen LogP contribution in [0.5, 0.6) is 5.75 Å². The fourth-order valence-electron chi connectivity index (χ4n) is 2.06. The standard InChI is InChI=1S/C19H18N4O2/c1-13-10-15(6-9-17(13)22-3)23-18(24)19(2,21)12-25-16-7-4-14(11-20)5-8-16/h4-10H,12,21H2,1-2H3,(H,23,24)/t19-/m0/s1. The molecule has 6 heteroatoms. The number of nitrogens with one attached hydrogen (secondary N) is 1. The van der Waals surface area contributed by atoms with Crippen LogP contribution in [0.1, 0.15) is 18.1 Å². The monoisotopic (exact) mass is 334 g/mol. The summed E-state index contributed by atoms with van der Waals surface area (Å²) in [5.41, 5.74) is 7.24. The first-order valence-corrected chi connectivity index (χ1v) is 7.57. The van der Waals surface area contributed by atoms with E-state index < -0.39 is 11.4 Å². The zero-order valence-electron chi connectivity index (χ0n) is 14.0. The molecule has 0 heterocycles. The molecule has 0 unspecified atom stereocenters. The minimum atomic E-state index is -1.25. The van der Waals surface area contributed by atoms with E-state index in [0.717, 1.165) is 5.56 Å². The van der Waals surface area contributed by atoms with Gasteiger partial charge in [0.05, 0.1) is 18.2 Å². The highest BCUT2D eigenvalue weighted by atomic mass is 16.5. The number of carbonyl (C=O) groups excluding carboxylic acids is 1. The molecule has 2 rings (SSSR count). The van der Waals surface area contributed by atoms with Crippen molar-refractivity contribution >= 4 is 17.3 Å². The van der Waals surface area contributed by atoms with Crippen LogP contribution < -0.4 is 15.8 Å². The van der Waals surface area contributed by atoms with E-state index in [-0.39, 0.29) is 6.61 Å². The van der Waals surface area contributed by atoms with Gasteiger partial charge in [-0.3, -0.25) is 4.79 Å². The van der Waals surface area contributed by atoms with Crippen LogP contribution in [0.2, 0.25) is 0 Å². The van der Waals surface area contributed by atoms with Crippen molar-refractivity contribution in [1.29, 1.82) is 5.26 Å². The van der Waals surface area contributed by atoms with Gasteiger partial charge in [-0.15, -0.1) is 0 Å². The zero-order valence-corrected chi connectivity index (χ0v) is 14.0. The number of hydrogen-bond acceptors (Lipinski definition) is 4. The molecule has 6 nitrogen and oxygen atoms in total. The number of nitrogens with zero attached hydrogens (tertiary/aromatic N) is 2. The van der Waals surface area contributed by atoms with Crippen molar-refractivity contribution in [1.82, 2.24) is 0 Å². The molecule has 0 aliphatic heterocycles. The first kappa shape index (κ1) is 18.0. The lowest BCUT2D eigenvalue weighted by Crippen LogP contribution is -2.53. The summed E-state index contributed by atoms with van der Waals surface area (Å²) in [6.07, 6.45) is 0. The number of rotatable bonds is 5. The van der Waals surface area contributed by atoms with E-state index in [9.17, 15) is 4.79 Å². The second kappa shape index (κ2) is 7.48. The Morgan fingerprint density at radius 3 is 2.60 bits per heavy atom. The third kappa shape index (κ3) is 4.57. The summed E-state index contributed by atoms with van der Waals surface area (Å²) in [7, 11) is 0. The Bertz CT molecular complexity index is 858. The summed E-state index contributed by atoms with van der Waals surface area (Å²) in [6.45, 7) is 10.4. The third-order valence-corrected chi connectivity index (χ3v) is 3.62. The molecule has 2 aromatic carbocycles. The molecule has 0 saturated carbocycles. The Kier molecular flexibility index (Phi) is 5.38. The van der Waals surface area contributed by atoms with Crippen LogP contribution in [-0.2, 0) is 4.79 Å². The number of nitrogens with two attached hydrogens (primary N) is 1. The van der Waals surface area contributed by atoms with Gasteiger partial charge < -0.3 is 15.8 Å². The van der Waals surface area contributed by atoms with E-state index in [0.29, 0.717) is 22.7 Å². The minimum absolute atomic E-state index is 0.0240. The molecule has 0 aliphatic rings. The molecule has 0 radical (unpaired) electrons. The van der Waals surface area contributed by atoms with Crippen LogP contribution in [0.4, 0.5) is 11.4 Å². The van der Waals surface area contributed by atoms with E-state index in [2.05, 4.69) is 10.2 Å². The van der Waals surface area contributed by atoms with E-state index >= 15 is 0 Å². The molecule has 1 amide bonds. The second-order valence-corrected chi connectivity index (χ2v) is 5.91. The lowest BCUT2D eigenvalue weighted by Gasteiger charge is -2.24. The fourth-order valence-corrected chi connectivity index (χ4v) is 2.06. The van der Waals surface area contributed by atoms with Gasteiger partial charge in [0.2, 0.25) is 5.91 Å². The maximum absolute atomic E-state index is 12.4. The van der Waals surface area contributed by atoms with Gasteiger partial charge >= 0.3 is 0 Å². The van der Waals surface area contributed by atoms with Gasteiger partial charge in [-0.25, -0.2) is 4.85 Å². The van der Waals surface area contributed by atoms with Crippen LogP contribution in [0, 0.1) is 24.8 Å². The molecule has 0 aromatic heterocycles. The number of aryl methyl sites for hydroxylation is 1. The van der Waals surface area contributed by atoms with Crippen LogP contribution in [0.3, 0.4) is 0 Å². The van der Waals surface area contributed by atoms with E-state index in [4.69, 9.17) is 22.3 Å². The van der Waals surface area contributed by atoms with Crippen LogP contribution in [-0.4, -0.2) is 18.1 Å². The van der Waals surface area contributed by atoms with Crippen molar-refractivity contribution < 1.29 is 9.53 Å². The van der Waals surface area contributed by atoms with Crippen molar-refractivity contribution in [3.63, 3.8) is 0 Å². The van der Waals surface area contributed by atoms with Gasteiger partial charge in [-0.05, 0) is 55.8 Å². The first-order valence-electron chi connectivity index (χ1n) is 7.57. The summed E-state index contributed by atoms with van der Waals surface area (Å²) in [4.78, 5) is 15.8. The predicted octanol–water partition coefficient (Wildman–Crippen LogP) is 3.15. The number of carbonyl (C=O) groups is 1. The highest BCUT2D eigenvalue weighted by Crippen LogP contribution is 2.23. The molecular formula is C19H18N4O2. The average Bonchev–Trinajstić information content (AvgIpc) is 2.60. The number of ether oxygens (including phenoxy) is 1. The van der Waals surface area contributed by atoms with E-state index in [1.54, 1.807) is 56.3 Å². The van der Waals surface area contributed by atoms with Crippen molar-refractivity contribution in [3.05, 3.63) is 65.0 Å². The smallest absolute Gasteiger partial charge is 0.247 e. The van der Waals surface area contributed by atoms with Crippen molar-refractivity contribution in [3.8, 4) is 11.8 Å². The average molecular weight is 334 g/mol. The van der Waals surface area contributed by atoms with Crippen molar-refractivity contribution in [2.45, 2.75) is 19.4 Å². The first-order chi connectivity index (χ1) is 11.9. The lowest BCUT2D eigenvalue weighted by molar-refractivity contribution is -0.121. The van der Waals surface area contributed by atoms with Crippen LogP contribution >= 0.6 is 0 Å². The van der Waals surface area contributed by atoms with Crippen molar-refractivity contribution in [2.24, 2.45) is 5.73 Å². The fraction of sp³-hybridized carbons (Fsp3) is 0.211. The van der Waals surface area contributed by atoms with E-state index in [1.165, 1.54) is 0 Å². The van der Waals surface area contributed by atoms with Crippen molar-refractivity contribution in [2.75, 3.05) is 11.9 Å².